The monoisotopic (exact) mass is 696 g/mol. The maximum absolute atomic E-state index is 12.3. The average molecular weight is 697 g/mol. The molecule has 0 aliphatic carbocycles. The molecule has 0 spiro atoms. The number of phosphoric ester groups is 1. The normalized spacial score (nSPS) is 13.0. The molecule has 0 rings (SSSR count). The first kappa shape index (κ1) is 46.0. The van der Waals surface area contributed by atoms with Crippen LogP contribution in [0.5, 0.6) is 0 Å². The van der Waals surface area contributed by atoms with Crippen LogP contribution >= 0.6 is 7.82 Å². The van der Waals surface area contributed by atoms with E-state index in [0.717, 1.165) is 64.2 Å². The highest BCUT2D eigenvalue weighted by Gasteiger charge is 2.22. The molecule has 0 saturated heterocycles. The van der Waals surface area contributed by atoms with Crippen molar-refractivity contribution in [1.82, 2.24) is 0 Å². The molecule has 0 aliphatic heterocycles. The zero-order chi connectivity index (χ0) is 35.4. The van der Waals surface area contributed by atoms with Crippen LogP contribution in [-0.2, 0) is 28.2 Å². The highest BCUT2D eigenvalue weighted by molar-refractivity contribution is 7.46. The third-order valence-electron chi connectivity index (χ3n) is 7.82. The summed E-state index contributed by atoms with van der Waals surface area (Å²) in [5.41, 5.74) is 0. The van der Waals surface area contributed by atoms with E-state index in [2.05, 4.69) is 67.0 Å². The van der Waals surface area contributed by atoms with Crippen LogP contribution in [0.2, 0.25) is 0 Å². The molecule has 0 radical (unpaired) electrons. The van der Waals surface area contributed by atoms with Crippen molar-refractivity contribution in [2.45, 2.75) is 174 Å². The van der Waals surface area contributed by atoms with Crippen molar-refractivity contribution in [2.75, 3.05) is 13.2 Å². The van der Waals surface area contributed by atoms with Gasteiger partial charge in [-0.15, -0.1) is 0 Å². The highest BCUT2D eigenvalue weighted by atomic mass is 31.2. The van der Waals surface area contributed by atoms with Crippen molar-refractivity contribution in [3.05, 3.63) is 48.6 Å². The molecule has 278 valence electrons. The Morgan fingerprint density at radius 1 is 0.542 bits per heavy atom. The van der Waals surface area contributed by atoms with Gasteiger partial charge in [0.25, 0.3) is 0 Å². The number of carbonyl (C=O) groups is 2. The molecule has 8 nitrogen and oxygen atoms in total. The Morgan fingerprint density at radius 3 is 1.50 bits per heavy atom. The fraction of sp³-hybridized carbons (Fsp3) is 0.744. The van der Waals surface area contributed by atoms with E-state index in [-0.39, 0.29) is 19.4 Å². The Kier molecular flexibility index (Phi) is 33.4. The van der Waals surface area contributed by atoms with E-state index in [1.807, 2.05) is 0 Å². The number of rotatable bonds is 34. The standard InChI is InChI=1S/C39H69O8P/c1-3-5-7-9-11-13-15-17-19-21-23-25-27-29-31-33-38(40)45-35-37(36-46-48(42,43)44)47-39(41)34-32-30-28-26-24-22-20-18-16-14-12-10-8-6-4-2/h12,14,17-20,24,26,37H,3-11,13,15-16,21-23,25,27-36H2,1-2H3,(H2,42,43,44)/b14-12+,19-17+,20-18+,26-24+/t37-/m1/s1. The predicted octanol–water partition coefficient (Wildman–Crippen LogP) is 11.2. The van der Waals surface area contributed by atoms with Gasteiger partial charge in [-0.05, 0) is 77.0 Å². The van der Waals surface area contributed by atoms with Gasteiger partial charge in [-0.25, -0.2) is 4.57 Å². The Labute approximate surface area is 293 Å². The van der Waals surface area contributed by atoms with E-state index in [9.17, 15) is 14.2 Å². The molecular weight excluding hydrogens is 627 g/mol. The third-order valence-corrected chi connectivity index (χ3v) is 8.31. The van der Waals surface area contributed by atoms with Crippen LogP contribution in [-0.4, -0.2) is 41.0 Å². The van der Waals surface area contributed by atoms with Gasteiger partial charge in [0.2, 0.25) is 0 Å². The lowest BCUT2D eigenvalue weighted by molar-refractivity contribution is -0.161. The summed E-state index contributed by atoms with van der Waals surface area (Å²) in [4.78, 5) is 42.7. The number of esters is 2. The van der Waals surface area contributed by atoms with Gasteiger partial charge >= 0.3 is 19.8 Å². The largest absolute Gasteiger partial charge is 0.469 e. The predicted molar refractivity (Wildman–Crippen MR) is 198 cm³/mol. The lowest BCUT2D eigenvalue weighted by Crippen LogP contribution is -2.29. The molecule has 2 N–H and O–H groups in total. The Hall–Kier alpha value is -1.99. The minimum atomic E-state index is -4.76. The number of carbonyl (C=O) groups excluding carboxylic acids is 2. The summed E-state index contributed by atoms with van der Waals surface area (Å²) in [6.45, 7) is 3.60. The van der Waals surface area contributed by atoms with E-state index in [1.54, 1.807) is 0 Å². The number of ether oxygens (including phenoxy) is 2. The molecule has 0 aromatic carbocycles. The van der Waals surface area contributed by atoms with Gasteiger partial charge in [-0.2, -0.15) is 0 Å². The first-order valence-corrected chi connectivity index (χ1v) is 20.5. The van der Waals surface area contributed by atoms with Crippen molar-refractivity contribution in [3.63, 3.8) is 0 Å². The Morgan fingerprint density at radius 2 is 0.938 bits per heavy atom. The molecule has 0 bridgehead atoms. The molecule has 0 aromatic heterocycles. The van der Waals surface area contributed by atoms with Crippen molar-refractivity contribution >= 4 is 19.8 Å². The van der Waals surface area contributed by atoms with Crippen LogP contribution in [0, 0.1) is 0 Å². The SMILES string of the molecule is CCCCC/C=C/C/C=C/C/C=C/CCCCC(=O)O[C@H](COC(=O)CCCCCCC/C=C/CCCCCCCC)COP(=O)(O)O. The number of hydrogen-bond acceptors (Lipinski definition) is 6. The van der Waals surface area contributed by atoms with Crippen LogP contribution in [0.3, 0.4) is 0 Å². The fourth-order valence-electron chi connectivity index (χ4n) is 4.96. The quantitative estimate of drug-likeness (QED) is 0.0295. The molecule has 0 saturated carbocycles. The Bertz CT molecular complexity index is 921. The van der Waals surface area contributed by atoms with Crippen molar-refractivity contribution in [3.8, 4) is 0 Å². The summed E-state index contributed by atoms with van der Waals surface area (Å²) in [5.74, 6) is -0.942. The summed E-state index contributed by atoms with van der Waals surface area (Å²) >= 11 is 0. The lowest BCUT2D eigenvalue weighted by atomic mass is 10.1. The minimum Gasteiger partial charge on any atom is -0.462 e. The van der Waals surface area contributed by atoms with Crippen molar-refractivity contribution in [2.24, 2.45) is 0 Å². The summed E-state index contributed by atoms with van der Waals surface area (Å²) in [7, 11) is -4.76. The van der Waals surface area contributed by atoms with Crippen LogP contribution in [0.15, 0.2) is 48.6 Å². The molecule has 48 heavy (non-hydrogen) atoms. The average Bonchev–Trinajstić information content (AvgIpc) is 3.05. The van der Waals surface area contributed by atoms with Gasteiger partial charge in [-0.3, -0.25) is 14.1 Å². The number of hydrogen-bond donors (Lipinski definition) is 2. The van der Waals surface area contributed by atoms with Gasteiger partial charge in [0.1, 0.15) is 6.61 Å². The summed E-state index contributed by atoms with van der Waals surface area (Å²) < 4.78 is 26.3. The number of allylic oxidation sites excluding steroid dienone is 8. The smallest absolute Gasteiger partial charge is 0.462 e. The van der Waals surface area contributed by atoms with Crippen molar-refractivity contribution in [1.29, 1.82) is 0 Å². The molecule has 0 aromatic rings. The molecule has 0 aliphatic rings. The number of unbranched alkanes of at least 4 members (excludes halogenated alkanes) is 16. The van der Waals surface area contributed by atoms with Gasteiger partial charge in [0.05, 0.1) is 6.61 Å². The second-order valence-electron chi connectivity index (χ2n) is 12.5. The van der Waals surface area contributed by atoms with Crippen LogP contribution in [0.4, 0.5) is 0 Å². The van der Waals surface area contributed by atoms with E-state index < -0.39 is 32.5 Å². The molecular formula is C39H69O8P. The molecule has 0 heterocycles. The second kappa shape index (κ2) is 34.9. The third kappa shape index (κ3) is 36.8. The van der Waals surface area contributed by atoms with Crippen LogP contribution in [0.25, 0.3) is 0 Å². The maximum Gasteiger partial charge on any atom is 0.469 e. The summed E-state index contributed by atoms with van der Waals surface area (Å²) in [6.07, 6.45) is 41.2. The first-order chi connectivity index (χ1) is 23.3. The first-order valence-electron chi connectivity index (χ1n) is 18.9. The number of phosphoric acid groups is 1. The molecule has 0 amide bonds. The maximum atomic E-state index is 12.3. The zero-order valence-electron chi connectivity index (χ0n) is 30.4. The summed E-state index contributed by atoms with van der Waals surface area (Å²) in [6, 6.07) is 0. The van der Waals surface area contributed by atoms with Gasteiger partial charge in [0.15, 0.2) is 6.10 Å². The van der Waals surface area contributed by atoms with Crippen LogP contribution in [0.1, 0.15) is 168 Å². The fourth-order valence-corrected chi connectivity index (χ4v) is 5.32. The molecule has 9 heteroatoms. The van der Waals surface area contributed by atoms with Gasteiger partial charge in [-0.1, -0.05) is 127 Å². The van der Waals surface area contributed by atoms with E-state index in [1.165, 1.54) is 64.2 Å². The Balaban J connectivity index is 4.06. The summed E-state index contributed by atoms with van der Waals surface area (Å²) in [5, 5.41) is 0. The zero-order valence-corrected chi connectivity index (χ0v) is 31.3. The minimum absolute atomic E-state index is 0.160. The van der Waals surface area contributed by atoms with Crippen molar-refractivity contribution < 1.29 is 37.9 Å². The van der Waals surface area contributed by atoms with E-state index >= 15 is 0 Å². The highest BCUT2D eigenvalue weighted by Crippen LogP contribution is 2.36. The molecule has 0 unspecified atom stereocenters. The molecule has 0 fully saturated rings. The van der Waals surface area contributed by atoms with Gasteiger partial charge < -0.3 is 19.3 Å². The topological polar surface area (TPSA) is 119 Å². The van der Waals surface area contributed by atoms with E-state index in [0.29, 0.717) is 12.8 Å². The molecule has 1 atom stereocenters. The lowest BCUT2D eigenvalue weighted by Gasteiger charge is -2.18. The van der Waals surface area contributed by atoms with E-state index in [4.69, 9.17) is 19.3 Å². The van der Waals surface area contributed by atoms with Crippen LogP contribution < -0.4 is 0 Å². The van der Waals surface area contributed by atoms with Gasteiger partial charge in [0, 0.05) is 12.8 Å². The second-order valence-corrected chi connectivity index (χ2v) is 13.8.